The third-order valence-electron chi connectivity index (χ3n) is 2.33. The van der Waals surface area contributed by atoms with Crippen molar-refractivity contribution in [2.45, 2.75) is 11.3 Å². The summed E-state index contributed by atoms with van der Waals surface area (Å²) in [6, 6.07) is 2.89. The fourth-order valence-corrected chi connectivity index (χ4v) is 2.25. The van der Waals surface area contributed by atoms with Gasteiger partial charge in [-0.25, -0.2) is 17.6 Å². The topological polar surface area (TPSA) is 40.5 Å². The first-order valence-corrected chi connectivity index (χ1v) is 6.67. The van der Waals surface area contributed by atoms with E-state index in [-0.39, 0.29) is 17.2 Å². The van der Waals surface area contributed by atoms with Crippen molar-refractivity contribution >= 4 is 17.7 Å². The zero-order chi connectivity index (χ0) is 15.1. The Kier molecular flexibility index (Phi) is 6.80. The molecular weight excluding hydrogens is 298 g/mol. The average molecular weight is 311 g/mol. The van der Waals surface area contributed by atoms with Crippen molar-refractivity contribution in [1.82, 2.24) is 4.90 Å². The zero-order valence-corrected chi connectivity index (χ0v) is 11.2. The van der Waals surface area contributed by atoms with Crippen LogP contribution in [-0.4, -0.2) is 47.8 Å². The molecule has 0 aliphatic rings. The summed E-state index contributed by atoms with van der Waals surface area (Å²) in [7, 11) is 0. The second kappa shape index (κ2) is 8.11. The average Bonchev–Trinajstić information content (AvgIpc) is 2.36. The number of aliphatic hydroxyl groups is 1. The Morgan fingerprint density at radius 3 is 2.60 bits per heavy atom. The van der Waals surface area contributed by atoms with Crippen molar-refractivity contribution < 1.29 is 27.5 Å². The molecule has 1 amide bonds. The molecule has 0 radical (unpaired) electrons. The highest BCUT2D eigenvalue weighted by atomic mass is 32.2. The summed E-state index contributed by atoms with van der Waals surface area (Å²) in [5.74, 6) is -2.47. The number of carbonyl (C=O) groups is 1. The van der Waals surface area contributed by atoms with E-state index in [0.29, 0.717) is 6.07 Å². The number of nitrogens with zero attached hydrogens (tertiary/aromatic N) is 1. The van der Waals surface area contributed by atoms with E-state index in [1.165, 1.54) is 6.07 Å². The van der Waals surface area contributed by atoms with Crippen molar-refractivity contribution in [3.8, 4) is 0 Å². The lowest BCUT2D eigenvalue weighted by Gasteiger charge is -2.21. The first-order valence-electron chi connectivity index (χ1n) is 5.68. The van der Waals surface area contributed by atoms with Crippen LogP contribution < -0.4 is 0 Å². The molecule has 0 aliphatic carbocycles. The van der Waals surface area contributed by atoms with Crippen LogP contribution in [0.25, 0.3) is 0 Å². The molecule has 0 saturated heterocycles. The smallest absolute Gasteiger partial charge is 0.255 e. The lowest BCUT2D eigenvalue weighted by atomic mass is 10.3. The number of carbonyl (C=O) groups excluding carboxylic acids is 1. The monoisotopic (exact) mass is 311 g/mol. The van der Waals surface area contributed by atoms with Crippen LogP contribution in [0.3, 0.4) is 0 Å². The largest absolute Gasteiger partial charge is 0.395 e. The Labute approximate surface area is 117 Å². The maximum absolute atomic E-state index is 13.3. The van der Waals surface area contributed by atoms with Crippen LogP contribution in [0, 0.1) is 11.6 Å². The van der Waals surface area contributed by atoms with E-state index < -0.39 is 37.1 Å². The zero-order valence-electron chi connectivity index (χ0n) is 10.4. The van der Waals surface area contributed by atoms with Crippen LogP contribution in [0.5, 0.6) is 0 Å². The maximum atomic E-state index is 13.3. The molecule has 0 atom stereocenters. The molecule has 8 heteroatoms. The highest BCUT2D eigenvalue weighted by Crippen LogP contribution is 2.22. The van der Waals surface area contributed by atoms with Gasteiger partial charge in [0, 0.05) is 17.5 Å². The standard InChI is InChI=1S/C12H13F4NO2S/c13-8-1-2-10(9(14)5-8)20-7-12(19)17(3-4-18)6-11(15)16/h1-2,5,11,18H,3-4,6-7H2. The number of amides is 1. The molecule has 1 aromatic carbocycles. The van der Waals surface area contributed by atoms with Gasteiger partial charge < -0.3 is 10.0 Å². The Morgan fingerprint density at radius 1 is 1.35 bits per heavy atom. The maximum Gasteiger partial charge on any atom is 0.255 e. The van der Waals surface area contributed by atoms with Crippen molar-refractivity contribution in [2.24, 2.45) is 0 Å². The van der Waals surface area contributed by atoms with E-state index >= 15 is 0 Å². The third kappa shape index (κ3) is 5.38. The molecule has 0 aromatic heterocycles. The lowest BCUT2D eigenvalue weighted by Crippen LogP contribution is -2.38. The number of hydrogen-bond donors (Lipinski definition) is 1. The van der Waals surface area contributed by atoms with E-state index in [1.807, 2.05) is 0 Å². The second-order valence-corrected chi connectivity index (χ2v) is 4.84. The molecule has 0 heterocycles. The molecular formula is C12H13F4NO2S. The molecule has 112 valence electrons. The van der Waals surface area contributed by atoms with Gasteiger partial charge in [0.25, 0.3) is 6.43 Å². The molecule has 0 spiro atoms. The van der Waals surface area contributed by atoms with Gasteiger partial charge in [-0.15, -0.1) is 11.8 Å². The first-order chi connectivity index (χ1) is 9.43. The molecule has 3 nitrogen and oxygen atoms in total. The summed E-state index contributed by atoms with van der Waals surface area (Å²) in [6.07, 6.45) is -2.71. The van der Waals surface area contributed by atoms with Crippen LogP contribution in [0.4, 0.5) is 17.6 Å². The van der Waals surface area contributed by atoms with E-state index in [9.17, 15) is 22.4 Å². The van der Waals surface area contributed by atoms with Gasteiger partial charge in [0.15, 0.2) is 0 Å². The second-order valence-electron chi connectivity index (χ2n) is 3.82. The Balaban J connectivity index is 2.59. The molecule has 1 N–H and O–H groups in total. The molecule has 1 aromatic rings. The fraction of sp³-hybridized carbons (Fsp3) is 0.417. The van der Waals surface area contributed by atoms with Gasteiger partial charge >= 0.3 is 0 Å². The van der Waals surface area contributed by atoms with Gasteiger partial charge in [0.1, 0.15) is 11.6 Å². The summed E-state index contributed by atoms with van der Waals surface area (Å²) in [4.78, 5) is 12.5. The van der Waals surface area contributed by atoms with Crippen LogP contribution >= 0.6 is 11.8 Å². The van der Waals surface area contributed by atoms with E-state index in [4.69, 9.17) is 5.11 Å². The summed E-state index contributed by atoms with van der Waals surface area (Å²) < 4.78 is 50.5. The quantitative estimate of drug-likeness (QED) is 0.619. The number of rotatable bonds is 7. The molecule has 20 heavy (non-hydrogen) atoms. The van der Waals surface area contributed by atoms with Crippen molar-refractivity contribution in [3.05, 3.63) is 29.8 Å². The SMILES string of the molecule is O=C(CSc1ccc(F)cc1F)N(CCO)CC(F)F. The van der Waals surface area contributed by atoms with Gasteiger partial charge in [-0.05, 0) is 12.1 Å². The van der Waals surface area contributed by atoms with Crippen LogP contribution in [0.1, 0.15) is 0 Å². The van der Waals surface area contributed by atoms with Crippen molar-refractivity contribution in [3.63, 3.8) is 0 Å². The minimum absolute atomic E-state index is 0.0562. The number of alkyl halides is 2. The lowest BCUT2D eigenvalue weighted by molar-refractivity contribution is -0.130. The van der Waals surface area contributed by atoms with Gasteiger partial charge in [0.05, 0.1) is 18.9 Å². The molecule has 0 fully saturated rings. The Morgan fingerprint density at radius 2 is 2.05 bits per heavy atom. The minimum atomic E-state index is -2.71. The normalized spacial score (nSPS) is 10.9. The van der Waals surface area contributed by atoms with Crippen molar-refractivity contribution in [2.75, 3.05) is 25.4 Å². The fourth-order valence-electron chi connectivity index (χ4n) is 1.43. The van der Waals surface area contributed by atoms with Gasteiger partial charge in [-0.1, -0.05) is 0 Å². The van der Waals surface area contributed by atoms with E-state index in [2.05, 4.69) is 0 Å². The molecule has 0 unspecified atom stereocenters. The highest BCUT2D eigenvalue weighted by molar-refractivity contribution is 8.00. The van der Waals surface area contributed by atoms with Crippen molar-refractivity contribution in [1.29, 1.82) is 0 Å². The minimum Gasteiger partial charge on any atom is -0.395 e. The Bertz CT molecular complexity index is 459. The number of hydrogen-bond acceptors (Lipinski definition) is 3. The highest BCUT2D eigenvalue weighted by Gasteiger charge is 2.18. The predicted molar refractivity (Wildman–Crippen MR) is 66.8 cm³/mol. The van der Waals surface area contributed by atoms with E-state index in [1.54, 1.807) is 0 Å². The summed E-state index contributed by atoms with van der Waals surface area (Å²) in [6.45, 7) is -1.43. The first kappa shape index (κ1) is 16.8. The number of thioether (sulfide) groups is 1. The van der Waals surface area contributed by atoms with Gasteiger partial charge in [-0.3, -0.25) is 4.79 Å². The number of benzene rings is 1. The van der Waals surface area contributed by atoms with Gasteiger partial charge in [-0.2, -0.15) is 0 Å². The van der Waals surface area contributed by atoms with Crippen LogP contribution in [0.2, 0.25) is 0 Å². The van der Waals surface area contributed by atoms with Crippen LogP contribution in [-0.2, 0) is 4.79 Å². The summed E-state index contributed by atoms with van der Waals surface area (Å²) in [5, 5.41) is 8.71. The Hall–Kier alpha value is -1.28. The van der Waals surface area contributed by atoms with Gasteiger partial charge in [0.2, 0.25) is 5.91 Å². The summed E-state index contributed by atoms with van der Waals surface area (Å²) in [5.41, 5.74) is 0. The molecule has 0 saturated carbocycles. The third-order valence-corrected chi connectivity index (χ3v) is 3.36. The van der Waals surface area contributed by atoms with E-state index in [0.717, 1.165) is 22.7 Å². The summed E-state index contributed by atoms with van der Waals surface area (Å²) >= 11 is 0.786. The number of aliphatic hydroxyl groups excluding tert-OH is 1. The molecule has 0 bridgehead atoms. The molecule has 0 aliphatic heterocycles. The number of halogens is 4. The molecule has 1 rings (SSSR count). The van der Waals surface area contributed by atoms with Crippen LogP contribution in [0.15, 0.2) is 23.1 Å². The predicted octanol–water partition coefficient (Wildman–Crippen LogP) is 2.14.